The summed E-state index contributed by atoms with van der Waals surface area (Å²) in [6, 6.07) is 22.3. The van der Waals surface area contributed by atoms with Crippen LogP contribution in [0.15, 0.2) is 88.2 Å². The highest BCUT2D eigenvalue weighted by Crippen LogP contribution is 2.20. The number of halogens is 1. The first-order valence-corrected chi connectivity index (χ1v) is 11.0. The summed E-state index contributed by atoms with van der Waals surface area (Å²) in [5.74, 6) is 0.143. The molecule has 0 radical (unpaired) electrons. The van der Waals surface area contributed by atoms with E-state index >= 15 is 0 Å². The number of hydrogen-bond donors (Lipinski definition) is 2. The number of benzene rings is 3. The molecule has 1 amide bonds. The van der Waals surface area contributed by atoms with E-state index in [1.807, 2.05) is 30.3 Å². The van der Waals surface area contributed by atoms with Crippen molar-refractivity contribution < 1.29 is 17.9 Å². The molecule has 3 aromatic carbocycles. The number of carbonyl (C=O) groups is 1. The predicted octanol–water partition coefficient (Wildman–Crippen LogP) is 3.95. The maximum atomic E-state index is 12.5. The lowest BCUT2D eigenvalue weighted by Crippen LogP contribution is -2.28. The summed E-state index contributed by atoms with van der Waals surface area (Å²) in [6.07, 6.45) is 0. The van der Waals surface area contributed by atoms with Crippen LogP contribution in [0.5, 0.6) is 5.75 Å². The van der Waals surface area contributed by atoms with Crippen molar-refractivity contribution in [3.05, 3.63) is 88.9 Å². The van der Waals surface area contributed by atoms with E-state index in [2.05, 4.69) is 26.0 Å². The fourth-order valence-electron chi connectivity index (χ4n) is 2.44. The summed E-state index contributed by atoms with van der Waals surface area (Å²) in [4.78, 5) is 12.0. The number of rotatable bonds is 8. The molecule has 2 N–H and O–H groups in total. The van der Waals surface area contributed by atoms with Gasteiger partial charge in [-0.2, -0.15) is 0 Å². The lowest BCUT2D eigenvalue weighted by atomic mass is 10.2. The van der Waals surface area contributed by atoms with Gasteiger partial charge in [0.1, 0.15) is 5.75 Å². The summed E-state index contributed by atoms with van der Waals surface area (Å²) in [7, 11) is -3.71. The molecule has 0 fully saturated rings. The van der Waals surface area contributed by atoms with Gasteiger partial charge in [0.25, 0.3) is 15.9 Å². The minimum absolute atomic E-state index is 0.0984. The molecule has 0 aliphatic heterocycles. The van der Waals surface area contributed by atoms with E-state index in [-0.39, 0.29) is 17.4 Å². The molecule has 0 bridgehead atoms. The molecule has 8 heteroatoms. The van der Waals surface area contributed by atoms with Crippen molar-refractivity contribution in [1.82, 2.24) is 5.32 Å². The van der Waals surface area contributed by atoms with Gasteiger partial charge in [-0.05, 0) is 54.1 Å². The predicted molar refractivity (Wildman–Crippen MR) is 115 cm³/mol. The first-order valence-electron chi connectivity index (χ1n) is 8.74. The van der Waals surface area contributed by atoms with Crippen molar-refractivity contribution in [1.29, 1.82) is 0 Å². The third-order valence-electron chi connectivity index (χ3n) is 3.93. The summed E-state index contributed by atoms with van der Waals surface area (Å²) < 4.78 is 33.7. The Kier molecular flexibility index (Phi) is 6.90. The maximum Gasteiger partial charge on any atom is 0.261 e. The maximum absolute atomic E-state index is 12.5. The van der Waals surface area contributed by atoms with E-state index in [4.69, 9.17) is 4.74 Å². The van der Waals surface area contributed by atoms with Gasteiger partial charge in [0.2, 0.25) is 0 Å². The van der Waals surface area contributed by atoms with E-state index in [0.717, 1.165) is 10.0 Å². The zero-order valence-corrected chi connectivity index (χ0v) is 17.7. The average Bonchev–Trinajstić information content (AvgIpc) is 2.73. The number of hydrogen-bond acceptors (Lipinski definition) is 4. The number of ether oxygens (including phenoxy) is 1. The molecule has 0 heterocycles. The molecule has 3 rings (SSSR count). The quantitative estimate of drug-likeness (QED) is 0.517. The minimum atomic E-state index is -3.71. The third-order valence-corrected chi connectivity index (χ3v) is 5.86. The van der Waals surface area contributed by atoms with Crippen LogP contribution >= 0.6 is 15.9 Å². The van der Waals surface area contributed by atoms with Crippen molar-refractivity contribution in [2.24, 2.45) is 0 Å². The van der Waals surface area contributed by atoms with Crippen LogP contribution in [-0.4, -0.2) is 20.9 Å². The van der Waals surface area contributed by atoms with E-state index < -0.39 is 10.0 Å². The Balaban J connectivity index is 1.52. The molecule has 150 valence electrons. The fraction of sp³-hybridized carbons (Fsp3) is 0.0952. The van der Waals surface area contributed by atoms with E-state index in [9.17, 15) is 13.2 Å². The zero-order chi connectivity index (χ0) is 20.7. The Morgan fingerprint density at radius 3 is 2.21 bits per heavy atom. The second-order valence-electron chi connectivity index (χ2n) is 6.13. The summed E-state index contributed by atoms with van der Waals surface area (Å²) in [5, 5.41) is 2.76. The Labute approximate surface area is 178 Å². The monoisotopic (exact) mass is 474 g/mol. The molecule has 0 aromatic heterocycles. The second kappa shape index (κ2) is 9.58. The van der Waals surface area contributed by atoms with Gasteiger partial charge in [-0.1, -0.05) is 46.3 Å². The molecular formula is C21H19BrN2O4S. The molecular weight excluding hydrogens is 456 g/mol. The van der Waals surface area contributed by atoms with Gasteiger partial charge in [-0.3, -0.25) is 9.52 Å². The van der Waals surface area contributed by atoms with Gasteiger partial charge in [0.05, 0.1) is 4.90 Å². The largest absolute Gasteiger partial charge is 0.484 e. The van der Waals surface area contributed by atoms with Gasteiger partial charge in [0.15, 0.2) is 6.61 Å². The second-order valence-corrected chi connectivity index (χ2v) is 8.73. The molecule has 0 aliphatic carbocycles. The average molecular weight is 475 g/mol. The lowest BCUT2D eigenvalue weighted by Gasteiger charge is -2.10. The van der Waals surface area contributed by atoms with Crippen LogP contribution in [0, 0.1) is 0 Å². The van der Waals surface area contributed by atoms with Crippen molar-refractivity contribution in [2.75, 3.05) is 11.3 Å². The van der Waals surface area contributed by atoms with Crippen molar-refractivity contribution in [3.63, 3.8) is 0 Å². The van der Waals surface area contributed by atoms with Crippen LogP contribution in [0.4, 0.5) is 5.69 Å². The lowest BCUT2D eigenvalue weighted by molar-refractivity contribution is -0.123. The first kappa shape index (κ1) is 20.9. The SMILES string of the molecule is O=C(COc1ccc(S(=O)(=O)Nc2ccc(Br)cc2)cc1)NCc1ccccc1. The first-order chi connectivity index (χ1) is 13.9. The number of amides is 1. The van der Waals surface area contributed by atoms with Crippen LogP contribution in [0.25, 0.3) is 0 Å². The van der Waals surface area contributed by atoms with Crippen molar-refractivity contribution in [2.45, 2.75) is 11.4 Å². The summed E-state index contributed by atoms with van der Waals surface area (Å²) >= 11 is 3.30. The van der Waals surface area contributed by atoms with E-state index in [0.29, 0.717) is 18.0 Å². The molecule has 6 nitrogen and oxygen atoms in total. The Morgan fingerprint density at radius 1 is 0.897 bits per heavy atom. The number of nitrogens with one attached hydrogen (secondary N) is 2. The Bertz CT molecular complexity index is 1050. The summed E-state index contributed by atoms with van der Waals surface area (Å²) in [5.41, 5.74) is 1.46. The van der Waals surface area contributed by atoms with Gasteiger partial charge >= 0.3 is 0 Å². The van der Waals surface area contributed by atoms with Crippen LogP contribution in [0.2, 0.25) is 0 Å². The highest BCUT2D eigenvalue weighted by Gasteiger charge is 2.14. The topological polar surface area (TPSA) is 84.5 Å². The molecule has 0 aliphatic rings. The molecule has 0 saturated carbocycles. The van der Waals surface area contributed by atoms with Crippen LogP contribution in [0.3, 0.4) is 0 Å². The third kappa shape index (κ3) is 6.33. The highest BCUT2D eigenvalue weighted by molar-refractivity contribution is 9.10. The van der Waals surface area contributed by atoms with E-state index in [1.165, 1.54) is 24.3 Å². The molecule has 29 heavy (non-hydrogen) atoms. The van der Waals surface area contributed by atoms with E-state index in [1.54, 1.807) is 24.3 Å². The normalized spacial score (nSPS) is 10.9. The van der Waals surface area contributed by atoms with Crippen LogP contribution < -0.4 is 14.8 Å². The summed E-state index contributed by atoms with van der Waals surface area (Å²) in [6.45, 7) is 0.262. The van der Waals surface area contributed by atoms with Gasteiger partial charge in [-0.25, -0.2) is 8.42 Å². The van der Waals surface area contributed by atoms with Crippen molar-refractivity contribution in [3.8, 4) is 5.75 Å². The molecule has 3 aromatic rings. The standard InChI is InChI=1S/C21H19BrN2O4S/c22-17-6-8-18(9-7-17)24-29(26,27)20-12-10-19(11-13-20)28-15-21(25)23-14-16-4-2-1-3-5-16/h1-13,24H,14-15H2,(H,23,25). The number of carbonyl (C=O) groups excluding carboxylic acids is 1. The Hall–Kier alpha value is -2.84. The fourth-order valence-corrected chi connectivity index (χ4v) is 3.77. The van der Waals surface area contributed by atoms with Gasteiger partial charge in [-0.15, -0.1) is 0 Å². The highest BCUT2D eigenvalue weighted by atomic mass is 79.9. The van der Waals surface area contributed by atoms with Crippen molar-refractivity contribution >= 4 is 37.5 Å². The smallest absolute Gasteiger partial charge is 0.261 e. The zero-order valence-electron chi connectivity index (χ0n) is 15.3. The van der Waals surface area contributed by atoms with Crippen LogP contribution in [0.1, 0.15) is 5.56 Å². The van der Waals surface area contributed by atoms with Gasteiger partial charge < -0.3 is 10.1 Å². The Morgan fingerprint density at radius 2 is 1.55 bits per heavy atom. The number of anilines is 1. The molecule has 0 atom stereocenters. The molecule has 0 saturated heterocycles. The van der Waals surface area contributed by atoms with Gasteiger partial charge in [0, 0.05) is 16.7 Å². The number of sulfonamides is 1. The van der Waals surface area contributed by atoms with Crippen LogP contribution in [-0.2, 0) is 21.4 Å². The molecule has 0 spiro atoms. The molecule has 0 unspecified atom stereocenters. The minimum Gasteiger partial charge on any atom is -0.484 e.